The summed E-state index contributed by atoms with van der Waals surface area (Å²) in [6, 6.07) is 5.28. The van der Waals surface area contributed by atoms with Gasteiger partial charge >= 0.3 is 0 Å². The summed E-state index contributed by atoms with van der Waals surface area (Å²) in [5.74, 6) is 0.594. The number of ether oxygens (including phenoxy) is 1. The highest BCUT2D eigenvalue weighted by molar-refractivity contribution is 6.12. The summed E-state index contributed by atoms with van der Waals surface area (Å²) >= 11 is 0. The Bertz CT molecular complexity index is 856. The molecule has 23 heavy (non-hydrogen) atoms. The average molecular weight is 312 g/mol. The van der Waals surface area contributed by atoms with Crippen LogP contribution in [0.2, 0.25) is 0 Å². The molecule has 118 valence electrons. The van der Waals surface area contributed by atoms with E-state index >= 15 is 0 Å². The van der Waals surface area contributed by atoms with E-state index < -0.39 is 5.91 Å². The van der Waals surface area contributed by atoms with E-state index in [0.717, 1.165) is 5.56 Å². The highest BCUT2D eigenvalue weighted by atomic mass is 16.5. The van der Waals surface area contributed by atoms with E-state index in [1.54, 1.807) is 31.6 Å². The van der Waals surface area contributed by atoms with Crippen molar-refractivity contribution in [1.29, 1.82) is 0 Å². The second-order valence-electron chi connectivity index (χ2n) is 4.92. The van der Waals surface area contributed by atoms with E-state index in [9.17, 15) is 4.79 Å². The number of hydrogen-bond acceptors (Lipinski definition) is 6. The largest absolute Gasteiger partial charge is 0.480 e. The van der Waals surface area contributed by atoms with Crippen molar-refractivity contribution in [2.24, 2.45) is 0 Å². The fourth-order valence-electron chi connectivity index (χ4n) is 2.28. The van der Waals surface area contributed by atoms with Gasteiger partial charge in [-0.2, -0.15) is 0 Å². The summed E-state index contributed by atoms with van der Waals surface area (Å²) in [6.45, 7) is 1.93. The lowest BCUT2D eigenvalue weighted by molar-refractivity contribution is 0.0999. The monoisotopic (exact) mass is 312 g/mol. The van der Waals surface area contributed by atoms with Gasteiger partial charge in [-0.05, 0) is 18.6 Å². The van der Waals surface area contributed by atoms with Gasteiger partial charge in [-0.25, -0.2) is 9.97 Å². The summed E-state index contributed by atoms with van der Waals surface area (Å²) in [4.78, 5) is 20.8. The summed E-state index contributed by atoms with van der Waals surface area (Å²) in [5.41, 5.74) is 2.05. The lowest BCUT2D eigenvalue weighted by Gasteiger charge is -2.05. The molecular formula is C16H16N4O3. The zero-order valence-electron chi connectivity index (χ0n) is 13.0. The van der Waals surface area contributed by atoms with Crippen molar-refractivity contribution in [1.82, 2.24) is 9.97 Å². The number of aryl methyl sites for hydroxylation is 1. The number of furan rings is 1. The molecule has 0 aliphatic carbocycles. The van der Waals surface area contributed by atoms with Crippen molar-refractivity contribution in [3.8, 4) is 5.88 Å². The summed E-state index contributed by atoms with van der Waals surface area (Å²) in [6.07, 6.45) is 3.24. The Hall–Kier alpha value is -3.09. The van der Waals surface area contributed by atoms with Gasteiger partial charge in [0.25, 0.3) is 5.91 Å². The van der Waals surface area contributed by atoms with Crippen molar-refractivity contribution in [2.75, 3.05) is 24.8 Å². The van der Waals surface area contributed by atoms with Crippen LogP contribution in [-0.4, -0.2) is 30.0 Å². The number of methoxy groups -OCH3 is 1. The number of nitrogens with one attached hydrogen (secondary N) is 2. The first kappa shape index (κ1) is 14.8. The molecule has 7 nitrogen and oxygen atoms in total. The average Bonchev–Trinajstić information content (AvgIpc) is 2.95. The second kappa shape index (κ2) is 5.96. The van der Waals surface area contributed by atoms with Crippen LogP contribution < -0.4 is 15.4 Å². The fraction of sp³-hybridized carbons (Fsp3) is 0.188. The molecule has 0 atom stereocenters. The van der Waals surface area contributed by atoms with Crippen molar-refractivity contribution in [2.45, 2.75) is 6.92 Å². The number of carbonyl (C=O) groups excluding carboxylic acids is 1. The van der Waals surface area contributed by atoms with Crippen LogP contribution >= 0.6 is 0 Å². The van der Waals surface area contributed by atoms with E-state index in [1.807, 2.05) is 13.0 Å². The SMILES string of the molecule is CNc1c(C(=O)Nc2ccc(C)cn2)oc2ccnc(OC)c12. The van der Waals surface area contributed by atoms with Crippen LogP contribution in [0.5, 0.6) is 5.88 Å². The smallest absolute Gasteiger partial charge is 0.294 e. The third kappa shape index (κ3) is 2.68. The minimum atomic E-state index is -0.399. The number of rotatable bonds is 4. The number of carbonyl (C=O) groups is 1. The maximum absolute atomic E-state index is 12.5. The zero-order valence-corrected chi connectivity index (χ0v) is 13.0. The van der Waals surface area contributed by atoms with E-state index in [0.29, 0.717) is 28.4 Å². The number of nitrogens with zero attached hydrogens (tertiary/aromatic N) is 2. The van der Waals surface area contributed by atoms with Gasteiger partial charge in [-0.1, -0.05) is 6.07 Å². The molecule has 1 amide bonds. The molecule has 3 heterocycles. The molecule has 0 aromatic carbocycles. The molecule has 0 bridgehead atoms. The quantitative estimate of drug-likeness (QED) is 0.770. The Labute approximate surface area is 132 Å². The minimum absolute atomic E-state index is 0.149. The van der Waals surface area contributed by atoms with Crippen LogP contribution in [0, 0.1) is 6.92 Å². The molecule has 0 fully saturated rings. The fourth-order valence-corrected chi connectivity index (χ4v) is 2.28. The van der Waals surface area contributed by atoms with Crippen LogP contribution in [0.3, 0.4) is 0 Å². The number of hydrogen-bond donors (Lipinski definition) is 2. The van der Waals surface area contributed by atoms with Gasteiger partial charge in [0, 0.05) is 25.5 Å². The molecule has 3 aromatic heterocycles. The van der Waals surface area contributed by atoms with Crippen LogP contribution in [0.15, 0.2) is 35.0 Å². The van der Waals surface area contributed by atoms with Crippen molar-refractivity contribution in [3.63, 3.8) is 0 Å². The van der Waals surface area contributed by atoms with E-state index in [1.165, 1.54) is 7.11 Å². The second-order valence-corrected chi connectivity index (χ2v) is 4.92. The molecule has 0 saturated heterocycles. The zero-order chi connectivity index (χ0) is 16.4. The number of anilines is 2. The Kier molecular flexibility index (Phi) is 3.84. The van der Waals surface area contributed by atoms with Crippen molar-refractivity contribution in [3.05, 3.63) is 41.9 Å². The van der Waals surface area contributed by atoms with Crippen molar-refractivity contribution >= 4 is 28.4 Å². The first-order valence-electron chi connectivity index (χ1n) is 7.01. The van der Waals surface area contributed by atoms with Gasteiger partial charge < -0.3 is 19.8 Å². The topological polar surface area (TPSA) is 89.3 Å². The van der Waals surface area contributed by atoms with E-state index in [2.05, 4.69) is 20.6 Å². The molecule has 2 N–H and O–H groups in total. The highest BCUT2D eigenvalue weighted by Crippen LogP contribution is 2.36. The van der Waals surface area contributed by atoms with Gasteiger partial charge in [0.05, 0.1) is 12.8 Å². The highest BCUT2D eigenvalue weighted by Gasteiger charge is 2.23. The number of amides is 1. The Morgan fingerprint density at radius 2 is 2.09 bits per heavy atom. The van der Waals surface area contributed by atoms with E-state index in [-0.39, 0.29) is 5.76 Å². The van der Waals surface area contributed by atoms with Crippen LogP contribution in [0.4, 0.5) is 11.5 Å². The van der Waals surface area contributed by atoms with Gasteiger partial charge in [-0.15, -0.1) is 0 Å². The normalized spacial score (nSPS) is 10.6. The number of aromatic nitrogens is 2. The predicted molar refractivity (Wildman–Crippen MR) is 87.0 cm³/mol. The lowest BCUT2D eigenvalue weighted by Crippen LogP contribution is -2.13. The van der Waals surface area contributed by atoms with Gasteiger partial charge in [0.15, 0.2) is 0 Å². The minimum Gasteiger partial charge on any atom is -0.480 e. The van der Waals surface area contributed by atoms with Crippen LogP contribution in [0.25, 0.3) is 11.0 Å². The Morgan fingerprint density at radius 1 is 1.26 bits per heavy atom. The number of pyridine rings is 2. The third-order valence-electron chi connectivity index (χ3n) is 3.37. The van der Waals surface area contributed by atoms with Crippen LogP contribution in [0.1, 0.15) is 16.1 Å². The van der Waals surface area contributed by atoms with Crippen molar-refractivity contribution < 1.29 is 13.9 Å². The summed E-state index contributed by atoms with van der Waals surface area (Å²) in [5, 5.41) is 6.31. The van der Waals surface area contributed by atoms with Gasteiger partial charge in [-0.3, -0.25) is 4.79 Å². The third-order valence-corrected chi connectivity index (χ3v) is 3.37. The molecule has 0 radical (unpaired) electrons. The molecule has 3 rings (SSSR count). The molecule has 0 aliphatic heterocycles. The standard InChI is InChI=1S/C16H16N4O3/c1-9-4-5-11(19-8-9)20-15(21)14-13(17-2)12-10(23-14)6-7-18-16(12)22-3/h4-8,17H,1-3H3,(H,19,20,21). The van der Waals surface area contributed by atoms with Crippen LogP contribution in [-0.2, 0) is 0 Å². The lowest BCUT2D eigenvalue weighted by atomic mass is 10.2. The predicted octanol–water partition coefficient (Wildman–Crippen LogP) is 2.83. The molecule has 0 spiro atoms. The molecular weight excluding hydrogens is 296 g/mol. The summed E-state index contributed by atoms with van der Waals surface area (Å²) in [7, 11) is 3.22. The number of fused-ring (bicyclic) bond motifs is 1. The Morgan fingerprint density at radius 3 is 2.74 bits per heavy atom. The molecule has 0 aliphatic rings. The van der Waals surface area contributed by atoms with Gasteiger partial charge in [0.1, 0.15) is 16.8 Å². The van der Waals surface area contributed by atoms with Gasteiger partial charge in [0.2, 0.25) is 11.6 Å². The maximum Gasteiger partial charge on any atom is 0.294 e. The van der Waals surface area contributed by atoms with E-state index in [4.69, 9.17) is 9.15 Å². The summed E-state index contributed by atoms with van der Waals surface area (Å²) < 4.78 is 10.9. The molecule has 7 heteroatoms. The first-order valence-corrected chi connectivity index (χ1v) is 7.01. The molecule has 0 saturated carbocycles. The Balaban J connectivity index is 2.01. The maximum atomic E-state index is 12.5. The molecule has 0 unspecified atom stereocenters. The molecule has 3 aromatic rings. The first-order chi connectivity index (χ1) is 11.1.